The Balaban J connectivity index is 1.90. The Morgan fingerprint density at radius 1 is 1.00 bits per heavy atom. The number of nitrogens with one attached hydrogen (secondary N) is 1. The summed E-state index contributed by atoms with van der Waals surface area (Å²) in [4.78, 5) is 24.3. The van der Waals surface area contributed by atoms with Crippen LogP contribution in [0.1, 0.15) is 49.2 Å². The molecule has 0 spiro atoms. The summed E-state index contributed by atoms with van der Waals surface area (Å²) in [6.45, 7) is 8.20. The fraction of sp³-hybridized carbons (Fsp3) is 0.333. The highest BCUT2D eigenvalue weighted by molar-refractivity contribution is 6.01. The van der Waals surface area contributed by atoms with E-state index < -0.39 is 12.1 Å². The van der Waals surface area contributed by atoms with E-state index in [-0.39, 0.29) is 17.8 Å². The molecule has 4 heteroatoms. The molecule has 2 aromatic carbocycles. The molecule has 0 aromatic heterocycles. The molecular formula is C21H25NO3. The van der Waals surface area contributed by atoms with Crippen molar-refractivity contribution in [3.63, 3.8) is 0 Å². The molecule has 0 saturated carbocycles. The maximum atomic E-state index is 12.4. The number of rotatable bonds is 5. The third-order valence-corrected chi connectivity index (χ3v) is 3.98. The van der Waals surface area contributed by atoms with Gasteiger partial charge in [-0.15, -0.1) is 0 Å². The number of amides is 1. The number of hydrogen-bond donors (Lipinski definition) is 1. The third-order valence-electron chi connectivity index (χ3n) is 3.98. The SMILES string of the molecule is CC(NC(=O)OCc1ccccc1)C(=O)c1ccc(C(C)(C)C)cc1. The van der Waals surface area contributed by atoms with Gasteiger partial charge in [0.05, 0.1) is 6.04 Å². The lowest BCUT2D eigenvalue weighted by atomic mass is 9.86. The first-order chi connectivity index (χ1) is 11.8. The molecule has 0 fully saturated rings. The average Bonchev–Trinajstić information content (AvgIpc) is 2.59. The van der Waals surface area contributed by atoms with E-state index in [1.807, 2.05) is 42.5 Å². The molecule has 1 unspecified atom stereocenters. The van der Waals surface area contributed by atoms with E-state index >= 15 is 0 Å². The lowest BCUT2D eigenvalue weighted by molar-refractivity contribution is 0.0926. The van der Waals surface area contributed by atoms with Gasteiger partial charge in [0.1, 0.15) is 6.61 Å². The average molecular weight is 339 g/mol. The van der Waals surface area contributed by atoms with Crippen molar-refractivity contribution in [1.29, 1.82) is 0 Å². The van der Waals surface area contributed by atoms with Crippen molar-refractivity contribution in [2.24, 2.45) is 0 Å². The van der Waals surface area contributed by atoms with Crippen molar-refractivity contribution < 1.29 is 14.3 Å². The zero-order chi connectivity index (χ0) is 18.4. The van der Waals surface area contributed by atoms with E-state index in [2.05, 4.69) is 26.1 Å². The highest BCUT2D eigenvalue weighted by Gasteiger charge is 2.19. The molecule has 1 N–H and O–H groups in total. The van der Waals surface area contributed by atoms with Crippen molar-refractivity contribution in [3.8, 4) is 0 Å². The van der Waals surface area contributed by atoms with Gasteiger partial charge in [0.25, 0.3) is 0 Å². The van der Waals surface area contributed by atoms with Crippen LogP contribution in [-0.4, -0.2) is 17.9 Å². The summed E-state index contributed by atoms with van der Waals surface area (Å²) in [6.07, 6.45) is -0.601. The number of benzene rings is 2. The lowest BCUT2D eigenvalue weighted by Crippen LogP contribution is -2.38. The lowest BCUT2D eigenvalue weighted by Gasteiger charge is -2.19. The Kier molecular flexibility index (Phi) is 5.97. The smallest absolute Gasteiger partial charge is 0.408 e. The number of Topliss-reactive ketones (excluding diaryl/α,β-unsaturated/α-hetero) is 1. The van der Waals surface area contributed by atoms with Gasteiger partial charge >= 0.3 is 6.09 Å². The Bertz CT molecular complexity index is 715. The van der Waals surface area contributed by atoms with E-state index in [0.717, 1.165) is 11.1 Å². The van der Waals surface area contributed by atoms with Gasteiger partial charge in [0, 0.05) is 5.56 Å². The van der Waals surface area contributed by atoms with Gasteiger partial charge < -0.3 is 10.1 Å². The van der Waals surface area contributed by atoms with E-state index in [9.17, 15) is 9.59 Å². The molecule has 0 radical (unpaired) electrons. The van der Waals surface area contributed by atoms with Crippen LogP contribution in [0, 0.1) is 0 Å². The van der Waals surface area contributed by atoms with Crippen molar-refractivity contribution >= 4 is 11.9 Å². The normalized spacial score (nSPS) is 12.3. The van der Waals surface area contributed by atoms with Gasteiger partial charge in [0.2, 0.25) is 0 Å². The van der Waals surface area contributed by atoms with E-state index in [4.69, 9.17) is 4.74 Å². The fourth-order valence-electron chi connectivity index (χ4n) is 2.39. The van der Waals surface area contributed by atoms with Crippen LogP contribution in [0.2, 0.25) is 0 Å². The predicted molar refractivity (Wildman–Crippen MR) is 98.7 cm³/mol. The summed E-state index contributed by atoms with van der Waals surface area (Å²) in [5.74, 6) is -0.142. The van der Waals surface area contributed by atoms with Crippen molar-refractivity contribution in [2.45, 2.75) is 45.8 Å². The maximum Gasteiger partial charge on any atom is 0.408 e. The predicted octanol–water partition coefficient (Wildman–Crippen LogP) is 4.48. The number of ether oxygens (including phenoxy) is 1. The molecule has 0 aliphatic rings. The molecule has 4 nitrogen and oxygen atoms in total. The zero-order valence-electron chi connectivity index (χ0n) is 15.2. The topological polar surface area (TPSA) is 55.4 Å². The van der Waals surface area contributed by atoms with Gasteiger partial charge in [-0.25, -0.2) is 4.79 Å². The molecule has 0 heterocycles. The molecular weight excluding hydrogens is 314 g/mol. The third kappa shape index (κ3) is 5.45. The van der Waals surface area contributed by atoms with Crippen LogP contribution in [0.5, 0.6) is 0 Å². The number of hydrogen-bond acceptors (Lipinski definition) is 3. The Morgan fingerprint density at radius 3 is 2.16 bits per heavy atom. The summed E-state index contributed by atoms with van der Waals surface area (Å²) >= 11 is 0. The molecule has 0 bridgehead atoms. The minimum atomic E-state index is -0.649. The Morgan fingerprint density at radius 2 is 1.60 bits per heavy atom. The molecule has 0 aliphatic heterocycles. The van der Waals surface area contributed by atoms with Crippen LogP contribution in [-0.2, 0) is 16.8 Å². The van der Waals surface area contributed by atoms with Crippen molar-refractivity contribution in [3.05, 3.63) is 71.3 Å². The first-order valence-electron chi connectivity index (χ1n) is 8.39. The van der Waals surface area contributed by atoms with Gasteiger partial charge in [-0.3, -0.25) is 4.79 Å². The van der Waals surface area contributed by atoms with Crippen LogP contribution in [0.15, 0.2) is 54.6 Å². The Hall–Kier alpha value is -2.62. The van der Waals surface area contributed by atoms with Gasteiger partial charge in [-0.2, -0.15) is 0 Å². The zero-order valence-corrected chi connectivity index (χ0v) is 15.2. The highest BCUT2D eigenvalue weighted by atomic mass is 16.5. The van der Waals surface area contributed by atoms with Gasteiger partial charge in [-0.1, -0.05) is 75.4 Å². The molecule has 0 aliphatic carbocycles. The van der Waals surface area contributed by atoms with Crippen LogP contribution in [0.3, 0.4) is 0 Å². The molecule has 1 atom stereocenters. The summed E-state index contributed by atoms with van der Waals surface area (Å²) in [5.41, 5.74) is 2.66. The molecule has 1 amide bonds. The van der Waals surface area contributed by atoms with Crippen LogP contribution in [0.4, 0.5) is 4.79 Å². The monoisotopic (exact) mass is 339 g/mol. The molecule has 0 saturated heterocycles. The second-order valence-corrected chi connectivity index (χ2v) is 7.12. The molecule has 2 aromatic rings. The van der Waals surface area contributed by atoms with Crippen LogP contribution in [0.25, 0.3) is 0 Å². The number of carbonyl (C=O) groups is 2. The second-order valence-electron chi connectivity index (χ2n) is 7.12. The maximum absolute atomic E-state index is 12.4. The molecule has 25 heavy (non-hydrogen) atoms. The summed E-state index contributed by atoms with van der Waals surface area (Å²) in [5, 5.41) is 2.58. The summed E-state index contributed by atoms with van der Waals surface area (Å²) < 4.78 is 5.15. The Labute approximate surface area is 149 Å². The van der Waals surface area contributed by atoms with Crippen LogP contribution < -0.4 is 5.32 Å². The largest absolute Gasteiger partial charge is 0.445 e. The van der Waals surface area contributed by atoms with E-state index in [0.29, 0.717) is 5.56 Å². The van der Waals surface area contributed by atoms with Crippen molar-refractivity contribution in [1.82, 2.24) is 5.32 Å². The summed E-state index contributed by atoms with van der Waals surface area (Å²) in [6, 6.07) is 16.3. The molecule has 132 valence electrons. The van der Waals surface area contributed by atoms with E-state index in [1.165, 1.54) is 0 Å². The summed E-state index contributed by atoms with van der Waals surface area (Å²) in [7, 11) is 0. The van der Waals surface area contributed by atoms with Crippen molar-refractivity contribution in [2.75, 3.05) is 0 Å². The number of alkyl carbamates (subject to hydrolysis) is 1. The number of carbonyl (C=O) groups excluding carboxylic acids is 2. The standard InChI is InChI=1S/C21H25NO3/c1-15(22-20(24)25-14-16-8-6-5-7-9-16)19(23)17-10-12-18(13-11-17)21(2,3)4/h5-13,15H,14H2,1-4H3,(H,22,24). The minimum absolute atomic E-state index is 0.0344. The quantitative estimate of drug-likeness (QED) is 0.817. The fourth-order valence-corrected chi connectivity index (χ4v) is 2.39. The van der Waals surface area contributed by atoms with E-state index in [1.54, 1.807) is 19.1 Å². The van der Waals surface area contributed by atoms with Crippen LogP contribution >= 0.6 is 0 Å². The first-order valence-corrected chi connectivity index (χ1v) is 8.39. The first kappa shape index (κ1) is 18.7. The second kappa shape index (κ2) is 7.97. The minimum Gasteiger partial charge on any atom is -0.445 e. The van der Waals surface area contributed by atoms with Gasteiger partial charge in [-0.05, 0) is 23.5 Å². The molecule has 2 rings (SSSR count). The highest BCUT2D eigenvalue weighted by Crippen LogP contribution is 2.22. The van der Waals surface area contributed by atoms with Gasteiger partial charge in [0.15, 0.2) is 5.78 Å². The number of ketones is 1.